The van der Waals surface area contributed by atoms with Gasteiger partial charge in [0.25, 0.3) is 5.56 Å². The minimum Gasteiger partial charge on any atom is -0.497 e. The van der Waals surface area contributed by atoms with Crippen molar-refractivity contribution in [1.29, 1.82) is 5.26 Å². The van der Waals surface area contributed by atoms with Crippen LogP contribution in [0.2, 0.25) is 0 Å². The molecule has 0 amide bonds. The average Bonchev–Trinajstić information content (AvgIpc) is 2.38. The zero-order valence-corrected chi connectivity index (χ0v) is 9.10. The zero-order valence-electron chi connectivity index (χ0n) is 9.10. The van der Waals surface area contributed by atoms with Gasteiger partial charge in [-0.15, -0.1) is 0 Å². The molecule has 0 unspecified atom stereocenters. The van der Waals surface area contributed by atoms with E-state index >= 15 is 0 Å². The second-order valence-corrected chi connectivity index (χ2v) is 3.34. The minimum atomic E-state index is -0.395. The van der Waals surface area contributed by atoms with Gasteiger partial charge in [0.2, 0.25) is 0 Å². The van der Waals surface area contributed by atoms with Gasteiger partial charge in [-0.05, 0) is 12.1 Å². The van der Waals surface area contributed by atoms with E-state index in [2.05, 4.69) is 10.2 Å². The average molecular weight is 227 g/mol. The van der Waals surface area contributed by atoms with E-state index in [0.717, 1.165) is 5.56 Å². The van der Waals surface area contributed by atoms with Crippen LogP contribution < -0.4 is 10.3 Å². The van der Waals surface area contributed by atoms with Crippen molar-refractivity contribution in [3.8, 4) is 23.1 Å². The van der Waals surface area contributed by atoms with Crippen molar-refractivity contribution in [2.45, 2.75) is 0 Å². The summed E-state index contributed by atoms with van der Waals surface area (Å²) in [5.41, 5.74) is 0.998. The van der Waals surface area contributed by atoms with Gasteiger partial charge >= 0.3 is 0 Å². The van der Waals surface area contributed by atoms with Crippen LogP contribution in [0.5, 0.6) is 5.75 Å². The monoisotopic (exact) mass is 227 g/mol. The largest absolute Gasteiger partial charge is 0.497 e. The highest BCUT2D eigenvalue weighted by atomic mass is 16.5. The summed E-state index contributed by atoms with van der Waals surface area (Å²) in [4.78, 5) is 11.1. The number of nitriles is 1. The lowest BCUT2D eigenvalue weighted by atomic mass is 10.1. The summed E-state index contributed by atoms with van der Waals surface area (Å²) in [5, 5.41) is 15.1. The number of benzene rings is 1. The number of nitrogens with one attached hydrogen (secondary N) is 1. The van der Waals surface area contributed by atoms with Crippen LogP contribution >= 0.6 is 0 Å². The molecule has 1 aromatic heterocycles. The molecule has 2 rings (SSSR count). The number of hydrogen-bond donors (Lipinski definition) is 1. The number of aromatic nitrogens is 2. The van der Waals surface area contributed by atoms with Gasteiger partial charge in [-0.3, -0.25) is 4.79 Å². The summed E-state index contributed by atoms with van der Waals surface area (Å²) in [6.07, 6.45) is 0. The molecule has 1 heterocycles. The molecule has 0 radical (unpaired) electrons. The summed E-state index contributed by atoms with van der Waals surface area (Å²) in [7, 11) is 1.56. The lowest BCUT2D eigenvalue weighted by molar-refractivity contribution is 0.415. The van der Waals surface area contributed by atoms with E-state index in [-0.39, 0.29) is 5.56 Å². The Morgan fingerprint density at radius 3 is 2.94 bits per heavy atom. The quantitative estimate of drug-likeness (QED) is 0.839. The fourth-order valence-electron chi connectivity index (χ4n) is 1.48. The molecule has 0 atom stereocenters. The highest BCUT2D eigenvalue weighted by Gasteiger charge is 2.08. The van der Waals surface area contributed by atoms with Crippen molar-refractivity contribution in [1.82, 2.24) is 10.2 Å². The highest BCUT2D eigenvalue weighted by molar-refractivity contribution is 5.66. The second kappa shape index (κ2) is 4.49. The summed E-state index contributed by atoms with van der Waals surface area (Å²) in [5.74, 6) is 0.666. The molecule has 0 spiro atoms. The highest BCUT2D eigenvalue weighted by Crippen LogP contribution is 2.23. The standard InChI is InChI=1S/C12H9N3O2/c1-17-10-4-2-3-8(5-10)12-9(7-13)6-11(16)14-15-12/h2-6H,1H3,(H,14,16). The first kappa shape index (κ1) is 10.9. The Morgan fingerprint density at radius 1 is 1.41 bits per heavy atom. The molecule has 5 heteroatoms. The Bertz CT molecular complexity index is 641. The molecule has 1 N–H and O–H groups in total. The lowest BCUT2D eigenvalue weighted by Crippen LogP contribution is -2.08. The van der Waals surface area contributed by atoms with Crippen molar-refractivity contribution in [3.05, 3.63) is 46.2 Å². The number of methoxy groups -OCH3 is 1. The van der Waals surface area contributed by atoms with Crippen molar-refractivity contribution in [3.63, 3.8) is 0 Å². The van der Waals surface area contributed by atoms with Crippen LogP contribution in [0.15, 0.2) is 35.1 Å². The maximum Gasteiger partial charge on any atom is 0.265 e. The van der Waals surface area contributed by atoms with Crippen LogP contribution in [0.3, 0.4) is 0 Å². The molecule has 0 fully saturated rings. The van der Waals surface area contributed by atoms with Gasteiger partial charge in [-0.1, -0.05) is 12.1 Å². The van der Waals surface area contributed by atoms with E-state index in [1.807, 2.05) is 6.07 Å². The normalized spacial score (nSPS) is 9.65. The van der Waals surface area contributed by atoms with Crippen LogP contribution in [0.1, 0.15) is 5.56 Å². The van der Waals surface area contributed by atoms with Crippen LogP contribution in [0, 0.1) is 11.3 Å². The molecule has 2 aromatic rings. The molecule has 0 aliphatic carbocycles. The van der Waals surface area contributed by atoms with Crippen molar-refractivity contribution >= 4 is 0 Å². The third-order valence-electron chi connectivity index (χ3n) is 2.27. The van der Waals surface area contributed by atoms with E-state index < -0.39 is 5.56 Å². The lowest BCUT2D eigenvalue weighted by Gasteiger charge is -2.04. The predicted octanol–water partition coefficient (Wildman–Crippen LogP) is 1.32. The minimum absolute atomic E-state index is 0.238. The Morgan fingerprint density at radius 2 is 2.24 bits per heavy atom. The Kier molecular flexibility index (Phi) is 2.88. The summed E-state index contributed by atoms with van der Waals surface area (Å²) >= 11 is 0. The topological polar surface area (TPSA) is 78.8 Å². The first-order valence-electron chi connectivity index (χ1n) is 4.89. The van der Waals surface area contributed by atoms with Gasteiger partial charge in [0.05, 0.1) is 12.7 Å². The molecule has 0 aliphatic rings. The fourth-order valence-corrected chi connectivity index (χ4v) is 1.48. The Hall–Kier alpha value is -2.61. The van der Waals surface area contributed by atoms with Crippen molar-refractivity contribution in [2.24, 2.45) is 0 Å². The fraction of sp³-hybridized carbons (Fsp3) is 0.0833. The van der Waals surface area contributed by atoms with Crippen LogP contribution in [-0.4, -0.2) is 17.3 Å². The molecule has 0 saturated heterocycles. The molecular weight excluding hydrogens is 218 g/mol. The molecule has 5 nitrogen and oxygen atoms in total. The van der Waals surface area contributed by atoms with E-state index in [1.54, 1.807) is 31.4 Å². The predicted molar refractivity (Wildman–Crippen MR) is 61.6 cm³/mol. The molecule has 84 valence electrons. The van der Waals surface area contributed by atoms with Crippen LogP contribution in [-0.2, 0) is 0 Å². The molecule has 0 aliphatic heterocycles. The second-order valence-electron chi connectivity index (χ2n) is 3.34. The Balaban J connectivity index is 2.60. The zero-order chi connectivity index (χ0) is 12.3. The van der Waals surface area contributed by atoms with Gasteiger partial charge in [0, 0.05) is 11.6 Å². The number of hydrogen-bond acceptors (Lipinski definition) is 4. The van der Waals surface area contributed by atoms with Gasteiger partial charge in [-0.25, -0.2) is 5.10 Å². The van der Waals surface area contributed by atoms with E-state index in [4.69, 9.17) is 10.00 Å². The maximum atomic E-state index is 11.1. The number of H-pyrrole nitrogens is 1. The molecule has 0 saturated carbocycles. The first-order valence-corrected chi connectivity index (χ1v) is 4.89. The Labute approximate surface area is 97.3 Å². The molecular formula is C12H9N3O2. The number of rotatable bonds is 2. The summed E-state index contributed by atoms with van der Waals surface area (Å²) < 4.78 is 5.09. The van der Waals surface area contributed by atoms with Gasteiger partial charge in [0.15, 0.2) is 0 Å². The van der Waals surface area contributed by atoms with E-state index in [0.29, 0.717) is 11.4 Å². The van der Waals surface area contributed by atoms with Gasteiger partial charge < -0.3 is 4.74 Å². The van der Waals surface area contributed by atoms with E-state index in [9.17, 15) is 4.79 Å². The third kappa shape index (κ3) is 2.16. The van der Waals surface area contributed by atoms with Gasteiger partial charge in [0.1, 0.15) is 17.5 Å². The molecule has 17 heavy (non-hydrogen) atoms. The third-order valence-corrected chi connectivity index (χ3v) is 2.27. The first-order chi connectivity index (χ1) is 8.24. The molecule has 1 aromatic carbocycles. The number of ether oxygens (including phenoxy) is 1. The van der Waals surface area contributed by atoms with Crippen molar-refractivity contribution < 1.29 is 4.74 Å². The maximum absolute atomic E-state index is 11.1. The number of aromatic amines is 1. The SMILES string of the molecule is COc1cccc(-c2n[nH]c(=O)cc2C#N)c1. The summed E-state index contributed by atoms with van der Waals surface area (Å²) in [6.45, 7) is 0. The molecule has 0 bridgehead atoms. The van der Waals surface area contributed by atoms with Crippen molar-refractivity contribution in [2.75, 3.05) is 7.11 Å². The van der Waals surface area contributed by atoms with Gasteiger partial charge in [-0.2, -0.15) is 10.4 Å². The van der Waals surface area contributed by atoms with Crippen LogP contribution in [0.25, 0.3) is 11.3 Å². The summed E-state index contributed by atoms with van der Waals surface area (Å²) in [6, 6.07) is 10.3. The van der Waals surface area contributed by atoms with Crippen LogP contribution in [0.4, 0.5) is 0 Å². The van der Waals surface area contributed by atoms with E-state index in [1.165, 1.54) is 6.07 Å². The smallest absolute Gasteiger partial charge is 0.265 e. The number of nitrogens with zero attached hydrogens (tertiary/aromatic N) is 2.